The van der Waals surface area contributed by atoms with Crippen molar-refractivity contribution < 1.29 is 13.2 Å². The molecule has 0 atom stereocenters. The van der Waals surface area contributed by atoms with Gasteiger partial charge in [-0.1, -0.05) is 6.92 Å². The normalized spacial score (nSPS) is 15.3. The zero-order chi connectivity index (χ0) is 15.3. The van der Waals surface area contributed by atoms with Gasteiger partial charge in [0.15, 0.2) is 0 Å². The molecule has 1 aliphatic carbocycles. The van der Waals surface area contributed by atoms with Crippen LogP contribution in [-0.2, 0) is 10.0 Å². The predicted octanol–water partition coefficient (Wildman–Crippen LogP) is 2.10. The standard InChI is InChI=1S/C15H24N2O3S/c1-2-9-17(12-13-3-4-13)21(18,19)11-10-20-15-7-5-14(16)6-8-15/h5-8,13H,2-4,9-12,16H2,1H3. The highest BCUT2D eigenvalue weighted by Gasteiger charge is 2.29. The first-order valence-electron chi connectivity index (χ1n) is 7.47. The fourth-order valence-electron chi connectivity index (χ4n) is 2.14. The van der Waals surface area contributed by atoms with Gasteiger partial charge in [-0.05, 0) is 49.4 Å². The first kappa shape index (κ1) is 16.1. The van der Waals surface area contributed by atoms with E-state index in [4.69, 9.17) is 10.5 Å². The second-order valence-electron chi connectivity index (χ2n) is 5.53. The van der Waals surface area contributed by atoms with E-state index in [0.717, 1.165) is 19.3 Å². The lowest BCUT2D eigenvalue weighted by Crippen LogP contribution is -2.36. The highest BCUT2D eigenvalue weighted by molar-refractivity contribution is 7.89. The number of nitrogen functional groups attached to an aromatic ring is 1. The van der Waals surface area contributed by atoms with Crippen molar-refractivity contribution in [3.63, 3.8) is 0 Å². The number of rotatable bonds is 9. The summed E-state index contributed by atoms with van der Waals surface area (Å²) < 4.78 is 31.8. The van der Waals surface area contributed by atoms with E-state index in [2.05, 4.69) is 0 Å². The minimum atomic E-state index is -3.23. The summed E-state index contributed by atoms with van der Waals surface area (Å²) in [5.74, 6) is 1.22. The summed E-state index contributed by atoms with van der Waals surface area (Å²) in [7, 11) is -3.23. The third kappa shape index (κ3) is 5.21. The van der Waals surface area contributed by atoms with E-state index in [0.29, 0.717) is 30.4 Å². The van der Waals surface area contributed by atoms with Crippen molar-refractivity contribution in [1.29, 1.82) is 0 Å². The number of hydrogen-bond acceptors (Lipinski definition) is 4. The van der Waals surface area contributed by atoms with Crippen LogP contribution in [-0.4, -0.2) is 38.2 Å². The molecule has 0 radical (unpaired) electrons. The van der Waals surface area contributed by atoms with Crippen LogP contribution < -0.4 is 10.5 Å². The molecule has 1 aromatic rings. The van der Waals surface area contributed by atoms with Crippen LogP contribution in [0.3, 0.4) is 0 Å². The van der Waals surface area contributed by atoms with Crippen molar-refractivity contribution in [2.45, 2.75) is 26.2 Å². The predicted molar refractivity (Wildman–Crippen MR) is 84.7 cm³/mol. The van der Waals surface area contributed by atoms with E-state index in [1.165, 1.54) is 0 Å². The van der Waals surface area contributed by atoms with Crippen LogP contribution in [0.4, 0.5) is 5.69 Å². The van der Waals surface area contributed by atoms with Gasteiger partial charge in [0.25, 0.3) is 0 Å². The summed E-state index contributed by atoms with van der Waals surface area (Å²) in [6.45, 7) is 3.43. The maximum atomic E-state index is 12.4. The highest BCUT2D eigenvalue weighted by Crippen LogP contribution is 2.30. The largest absolute Gasteiger partial charge is 0.492 e. The van der Waals surface area contributed by atoms with Gasteiger partial charge in [0.05, 0.1) is 5.75 Å². The molecule has 1 aliphatic rings. The highest BCUT2D eigenvalue weighted by atomic mass is 32.2. The van der Waals surface area contributed by atoms with E-state index >= 15 is 0 Å². The zero-order valence-electron chi connectivity index (χ0n) is 12.5. The van der Waals surface area contributed by atoms with Gasteiger partial charge in [-0.25, -0.2) is 12.7 Å². The molecule has 118 valence electrons. The lowest BCUT2D eigenvalue weighted by atomic mass is 10.3. The number of nitrogens with two attached hydrogens (primary N) is 1. The molecule has 1 fully saturated rings. The van der Waals surface area contributed by atoms with Crippen LogP contribution in [0, 0.1) is 5.92 Å². The second kappa shape index (κ2) is 7.13. The quantitative estimate of drug-likeness (QED) is 0.709. The molecule has 0 bridgehead atoms. The molecule has 0 amide bonds. The SMILES string of the molecule is CCCN(CC1CC1)S(=O)(=O)CCOc1ccc(N)cc1. The van der Waals surface area contributed by atoms with Crippen molar-refractivity contribution in [2.24, 2.45) is 5.92 Å². The number of benzene rings is 1. The average molecular weight is 312 g/mol. The number of ether oxygens (including phenoxy) is 1. The molecule has 1 saturated carbocycles. The molecule has 5 nitrogen and oxygen atoms in total. The van der Waals surface area contributed by atoms with E-state index in [-0.39, 0.29) is 12.4 Å². The minimum absolute atomic E-state index is 0.0180. The Kier molecular flexibility index (Phi) is 5.47. The Labute approximate surface area is 127 Å². The van der Waals surface area contributed by atoms with Crippen LogP contribution in [0.2, 0.25) is 0 Å². The second-order valence-corrected chi connectivity index (χ2v) is 7.62. The zero-order valence-corrected chi connectivity index (χ0v) is 13.3. The van der Waals surface area contributed by atoms with Crippen molar-refractivity contribution in [3.05, 3.63) is 24.3 Å². The lowest BCUT2D eigenvalue weighted by molar-refractivity contribution is 0.332. The number of hydrogen-bond donors (Lipinski definition) is 1. The van der Waals surface area contributed by atoms with Gasteiger partial charge in [-0.3, -0.25) is 0 Å². The van der Waals surface area contributed by atoms with Crippen molar-refractivity contribution >= 4 is 15.7 Å². The summed E-state index contributed by atoms with van der Waals surface area (Å²) in [5.41, 5.74) is 6.25. The van der Waals surface area contributed by atoms with Gasteiger partial charge in [0.1, 0.15) is 12.4 Å². The molecule has 0 heterocycles. The Bertz CT molecular complexity index is 539. The Morgan fingerprint density at radius 3 is 2.52 bits per heavy atom. The van der Waals surface area contributed by atoms with E-state index in [1.54, 1.807) is 28.6 Å². The molecule has 0 aromatic heterocycles. The van der Waals surface area contributed by atoms with Crippen LogP contribution in [0.5, 0.6) is 5.75 Å². The summed E-state index contributed by atoms with van der Waals surface area (Å²) in [5, 5.41) is 0. The monoisotopic (exact) mass is 312 g/mol. The van der Waals surface area contributed by atoms with Crippen LogP contribution >= 0.6 is 0 Å². The lowest BCUT2D eigenvalue weighted by Gasteiger charge is -2.21. The van der Waals surface area contributed by atoms with Gasteiger partial charge in [-0.15, -0.1) is 0 Å². The maximum Gasteiger partial charge on any atom is 0.217 e. The summed E-state index contributed by atoms with van der Waals surface area (Å²) in [6.07, 6.45) is 3.14. The molecule has 0 aliphatic heterocycles. The molecule has 1 aromatic carbocycles. The Morgan fingerprint density at radius 2 is 1.95 bits per heavy atom. The van der Waals surface area contributed by atoms with E-state index < -0.39 is 10.0 Å². The molecule has 2 N–H and O–H groups in total. The summed E-state index contributed by atoms with van der Waals surface area (Å²) in [4.78, 5) is 0. The summed E-state index contributed by atoms with van der Waals surface area (Å²) in [6, 6.07) is 6.96. The molecular weight excluding hydrogens is 288 g/mol. The maximum absolute atomic E-state index is 12.4. The molecule has 21 heavy (non-hydrogen) atoms. The summed E-state index contributed by atoms with van der Waals surface area (Å²) >= 11 is 0. The molecule has 0 unspecified atom stereocenters. The van der Waals surface area contributed by atoms with E-state index in [9.17, 15) is 8.42 Å². The fraction of sp³-hybridized carbons (Fsp3) is 0.600. The number of sulfonamides is 1. The third-order valence-corrected chi connectivity index (χ3v) is 5.32. The first-order valence-corrected chi connectivity index (χ1v) is 9.08. The van der Waals surface area contributed by atoms with Crippen molar-refractivity contribution in [3.8, 4) is 5.75 Å². The van der Waals surface area contributed by atoms with Gasteiger partial charge in [0, 0.05) is 18.8 Å². The van der Waals surface area contributed by atoms with Crippen LogP contribution in [0.1, 0.15) is 26.2 Å². The van der Waals surface area contributed by atoms with Gasteiger partial charge < -0.3 is 10.5 Å². The average Bonchev–Trinajstić information content (AvgIpc) is 3.24. The van der Waals surface area contributed by atoms with Crippen LogP contribution in [0.25, 0.3) is 0 Å². The van der Waals surface area contributed by atoms with Gasteiger partial charge in [0.2, 0.25) is 10.0 Å². The van der Waals surface area contributed by atoms with E-state index in [1.807, 2.05) is 6.92 Å². The number of nitrogens with zero attached hydrogens (tertiary/aromatic N) is 1. The van der Waals surface area contributed by atoms with Crippen molar-refractivity contribution in [2.75, 3.05) is 31.2 Å². The fourth-order valence-corrected chi connectivity index (χ4v) is 3.59. The smallest absolute Gasteiger partial charge is 0.217 e. The topological polar surface area (TPSA) is 72.6 Å². The molecule has 0 spiro atoms. The molecule has 0 saturated heterocycles. The van der Waals surface area contributed by atoms with Crippen LogP contribution in [0.15, 0.2) is 24.3 Å². The minimum Gasteiger partial charge on any atom is -0.492 e. The van der Waals surface area contributed by atoms with Gasteiger partial charge >= 0.3 is 0 Å². The molecule has 2 rings (SSSR count). The molecular formula is C15H24N2O3S. The number of anilines is 1. The third-order valence-electron chi connectivity index (χ3n) is 3.52. The van der Waals surface area contributed by atoms with Gasteiger partial charge in [-0.2, -0.15) is 0 Å². The van der Waals surface area contributed by atoms with Crippen molar-refractivity contribution in [1.82, 2.24) is 4.31 Å². The molecule has 6 heteroatoms. The Morgan fingerprint density at radius 1 is 1.29 bits per heavy atom. The Balaban J connectivity index is 1.85. The first-order chi connectivity index (χ1) is 10.0. The Hall–Kier alpha value is -1.27.